The molecule has 1 atom stereocenters. The lowest BCUT2D eigenvalue weighted by Crippen LogP contribution is -2.15. The Morgan fingerprint density at radius 3 is 2.80 bits per heavy atom. The Kier molecular flexibility index (Phi) is 2.81. The molecule has 2 rings (SSSR count). The van der Waals surface area contributed by atoms with Crippen LogP contribution in [-0.4, -0.2) is 18.3 Å². The average molecular weight is 206 g/mol. The van der Waals surface area contributed by atoms with Crippen LogP contribution in [0.25, 0.3) is 0 Å². The van der Waals surface area contributed by atoms with Gasteiger partial charge >= 0.3 is 0 Å². The van der Waals surface area contributed by atoms with Gasteiger partial charge in [-0.1, -0.05) is 24.3 Å². The number of rotatable bonds is 2. The van der Waals surface area contributed by atoms with Crippen LogP contribution in [0.1, 0.15) is 37.3 Å². The fraction of sp³-hybridized carbons (Fsp3) is 0.538. The highest BCUT2D eigenvalue weighted by atomic mass is 16.5. The highest BCUT2D eigenvalue weighted by Crippen LogP contribution is 2.28. The van der Waals surface area contributed by atoms with Gasteiger partial charge in [0.2, 0.25) is 0 Å². The summed E-state index contributed by atoms with van der Waals surface area (Å²) in [4.78, 5) is 0. The molecule has 82 valence electrons. The van der Waals surface area contributed by atoms with Crippen molar-refractivity contribution in [2.24, 2.45) is 0 Å². The van der Waals surface area contributed by atoms with E-state index in [1.165, 1.54) is 5.56 Å². The van der Waals surface area contributed by atoms with Gasteiger partial charge in [0.05, 0.1) is 12.2 Å². The molecule has 0 amide bonds. The molecule has 1 heterocycles. The first kappa shape index (κ1) is 10.7. The summed E-state index contributed by atoms with van der Waals surface area (Å²) in [6.45, 7) is 5.31. The Morgan fingerprint density at radius 2 is 2.20 bits per heavy atom. The van der Waals surface area contributed by atoms with Gasteiger partial charge in [-0.25, -0.2) is 0 Å². The van der Waals surface area contributed by atoms with Gasteiger partial charge in [-0.3, -0.25) is 0 Å². The molecular weight excluding hydrogens is 188 g/mol. The Morgan fingerprint density at radius 1 is 1.40 bits per heavy atom. The maximum atomic E-state index is 9.92. The Bertz CT molecular complexity index is 333. The molecular formula is C13H18O2. The van der Waals surface area contributed by atoms with E-state index in [9.17, 15) is 5.11 Å². The molecule has 1 fully saturated rings. The van der Waals surface area contributed by atoms with Gasteiger partial charge in [0, 0.05) is 12.5 Å². The smallest absolute Gasteiger partial charge is 0.0840 e. The lowest BCUT2D eigenvalue weighted by molar-refractivity contribution is 0.0784. The van der Waals surface area contributed by atoms with E-state index in [4.69, 9.17) is 4.74 Å². The number of hydrogen-bond donors (Lipinski definition) is 1. The molecule has 0 spiro atoms. The van der Waals surface area contributed by atoms with E-state index in [0.29, 0.717) is 5.92 Å². The van der Waals surface area contributed by atoms with Crippen LogP contribution in [0, 0.1) is 0 Å². The molecule has 0 bridgehead atoms. The number of aliphatic hydroxyl groups is 1. The van der Waals surface area contributed by atoms with E-state index in [2.05, 4.69) is 12.1 Å². The molecule has 1 saturated heterocycles. The predicted molar refractivity (Wildman–Crippen MR) is 59.9 cm³/mol. The van der Waals surface area contributed by atoms with Gasteiger partial charge in [0.25, 0.3) is 0 Å². The summed E-state index contributed by atoms with van der Waals surface area (Å²) in [5.41, 5.74) is 1.51. The summed E-state index contributed by atoms with van der Waals surface area (Å²) >= 11 is 0. The minimum absolute atomic E-state index is 0.507. The van der Waals surface area contributed by atoms with Crippen molar-refractivity contribution in [2.75, 3.05) is 13.2 Å². The van der Waals surface area contributed by atoms with Crippen LogP contribution >= 0.6 is 0 Å². The molecule has 1 unspecified atom stereocenters. The van der Waals surface area contributed by atoms with Crippen LogP contribution in [-0.2, 0) is 10.3 Å². The Balaban J connectivity index is 2.26. The van der Waals surface area contributed by atoms with Crippen LogP contribution in [0.15, 0.2) is 24.3 Å². The van der Waals surface area contributed by atoms with Crippen molar-refractivity contribution in [3.63, 3.8) is 0 Å². The lowest BCUT2D eigenvalue weighted by atomic mass is 9.91. The molecule has 1 aromatic rings. The van der Waals surface area contributed by atoms with Gasteiger partial charge in [-0.2, -0.15) is 0 Å². The maximum absolute atomic E-state index is 9.92. The van der Waals surface area contributed by atoms with E-state index in [0.717, 1.165) is 25.2 Å². The van der Waals surface area contributed by atoms with Gasteiger partial charge in [-0.05, 0) is 31.4 Å². The summed E-state index contributed by atoms with van der Waals surface area (Å²) in [5.74, 6) is 0.507. The first-order valence-electron chi connectivity index (χ1n) is 5.48. The van der Waals surface area contributed by atoms with Crippen molar-refractivity contribution < 1.29 is 9.84 Å². The fourth-order valence-electron chi connectivity index (χ4n) is 1.97. The average Bonchev–Trinajstić information content (AvgIpc) is 2.69. The second-order valence-corrected chi connectivity index (χ2v) is 4.74. The maximum Gasteiger partial charge on any atom is 0.0840 e. The summed E-state index contributed by atoms with van der Waals surface area (Å²) in [6, 6.07) is 8.20. The van der Waals surface area contributed by atoms with Gasteiger partial charge in [0.15, 0.2) is 0 Å². The minimum Gasteiger partial charge on any atom is -0.386 e. The predicted octanol–water partition coefficient (Wildman–Crippen LogP) is 2.42. The molecule has 2 heteroatoms. The monoisotopic (exact) mass is 206 g/mol. The fourth-order valence-corrected chi connectivity index (χ4v) is 1.97. The van der Waals surface area contributed by atoms with Crippen LogP contribution in [0.5, 0.6) is 0 Å². The molecule has 1 aliphatic rings. The van der Waals surface area contributed by atoms with E-state index in [1.54, 1.807) is 0 Å². The molecule has 1 aromatic carbocycles. The van der Waals surface area contributed by atoms with Crippen molar-refractivity contribution in [3.8, 4) is 0 Å². The molecule has 15 heavy (non-hydrogen) atoms. The van der Waals surface area contributed by atoms with Gasteiger partial charge in [0.1, 0.15) is 0 Å². The first-order valence-corrected chi connectivity index (χ1v) is 5.48. The third kappa shape index (κ3) is 2.39. The Hall–Kier alpha value is -0.860. The third-order valence-electron chi connectivity index (χ3n) is 2.99. The van der Waals surface area contributed by atoms with Crippen LogP contribution in [0.2, 0.25) is 0 Å². The van der Waals surface area contributed by atoms with Crippen LogP contribution in [0.4, 0.5) is 0 Å². The molecule has 1 N–H and O–H groups in total. The van der Waals surface area contributed by atoms with E-state index >= 15 is 0 Å². The van der Waals surface area contributed by atoms with Gasteiger partial charge < -0.3 is 9.84 Å². The molecule has 0 saturated carbocycles. The Labute approximate surface area is 90.9 Å². The third-order valence-corrected chi connectivity index (χ3v) is 2.99. The minimum atomic E-state index is -0.754. The highest BCUT2D eigenvalue weighted by Gasteiger charge is 2.21. The van der Waals surface area contributed by atoms with E-state index in [-0.39, 0.29) is 0 Å². The molecule has 0 aromatic heterocycles. The summed E-state index contributed by atoms with van der Waals surface area (Å²) in [5, 5.41) is 9.92. The summed E-state index contributed by atoms with van der Waals surface area (Å²) < 4.78 is 5.37. The standard InChI is InChI=1S/C13H18O2/c1-13(2,14)12-5-3-4-10(8-12)11-6-7-15-9-11/h3-5,8,11,14H,6-7,9H2,1-2H3. The zero-order chi connectivity index (χ0) is 10.9. The zero-order valence-corrected chi connectivity index (χ0v) is 9.36. The zero-order valence-electron chi connectivity index (χ0n) is 9.36. The first-order chi connectivity index (χ1) is 7.07. The molecule has 0 aliphatic carbocycles. The summed E-state index contributed by atoms with van der Waals surface area (Å²) in [7, 11) is 0. The molecule has 0 radical (unpaired) electrons. The second-order valence-electron chi connectivity index (χ2n) is 4.74. The van der Waals surface area contributed by atoms with E-state index in [1.807, 2.05) is 26.0 Å². The van der Waals surface area contributed by atoms with Crippen molar-refractivity contribution in [1.29, 1.82) is 0 Å². The number of hydrogen-bond acceptors (Lipinski definition) is 2. The van der Waals surface area contributed by atoms with Crippen molar-refractivity contribution >= 4 is 0 Å². The van der Waals surface area contributed by atoms with Crippen molar-refractivity contribution in [3.05, 3.63) is 35.4 Å². The summed E-state index contributed by atoms with van der Waals surface area (Å²) in [6.07, 6.45) is 1.09. The SMILES string of the molecule is CC(C)(O)c1cccc(C2CCOC2)c1. The number of benzene rings is 1. The highest BCUT2D eigenvalue weighted by molar-refractivity contribution is 5.30. The van der Waals surface area contributed by atoms with Gasteiger partial charge in [-0.15, -0.1) is 0 Å². The molecule has 1 aliphatic heterocycles. The normalized spacial score (nSPS) is 21.9. The quantitative estimate of drug-likeness (QED) is 0.805. The lowest BCUT2D eigenvalue weighted by Gasteiger charge is -2.19. The van der Waals surface area contributed by atoms with Crippen LogP contribution in [0.3, 0.4) is 0 Å². The van der Waals surface area contributed by atoms with Crippen molar-refractivity contribution in [2.45, 2.75) is 31.8 Å². The molecule has 2 nitrogen and oxygen atoms in total. The topological polar surface area (TPSA) is 29.5 Å². The van der Waals surface area contributed by atoms with Crippen molar-refractivity contribution in [1.82, 2.24) is 0 Å². The number of ether oxygens (including phenoxy) is 1. The van der Waals surface area contributed by atoms with E-state index < -0.39 is 5.60 Å². The second kappa shape index (κ2) is 3.95. The van der Waals surface area contributed by atoms with Crippen LogP contribution < -0.4 is 0 Å². The largest absolute Gasteiger partial charge is 0.386 e.